The van der Waals surface area contributed by atoms with E-state index in [1.165, 1.54) is 6.92 Å². The Kier molecular flexibility index (Phi) is 5.44. The smallest absolute Gasteiger partial charge is 0.407 e. The van der Waals surface area contributed by atoms with Gasteiger partial charge >= 0.3 is 12.1 Å². The van der Waals surface area contributed by atoms with Crippen molar-refractivity contribution in [2.45, 2.75) is 37.8 Å². The molecular formula is C23H24N2O5. The van der Waals surface area contributed by atoms with Crippen molar-refractivity contribution in [3.05, 3.63) is 59.7 Å². The predicted molar refractivity (Wildman–Crippen MR) is 110 cm³/mol. The Morgan fingerprint density at radius 3 is 2.10 bits per heavy atom. The molecule has 1 fully saturated rings. The molecule has 2 aromatic carbocycles. The number of alkyl carbamates (subject to hydrolysis) is 1. The van der Waals surface area contributed by atoms with Crippen molar-refractivity contribution < 1.29 is 24.2 Å². The summed E-state index contributed by atoms with van der Waals surface area (Å²) in [5, 5.41) is 14.0. The van der Waals surface area contributed by atoms with Gasteiger partial charge in [-0.3, -0.25) is 9.59 Å². The number of rotatable bonds is 7. The monoisotopic (exact) mass is 408 g/mol. The molecule has 0 aromatic heterocycles. The average molecular weight is 408 g/mol. The maximum absolute atomic E-state index is 12.5. The summed E-state index contributed by atoms with van der Waals surface area (Å²) >= 11 is 0. The summed E-state index contributed by atoms with van der Waals surface area (Å²) in [6.45, 7) is 1.54. The van der Waals surface area contributed by atoms with Crippen LogP contribution < -0.4 is 10.6 Å². The van der Waals surface area contributed by atoms with Gasteiger partial charge in [-0.15, -0.1) is 0 Å². The van der Waals surface area contributed by atoms with Gasteiger partial charge in [0.05, 0.1) is 0 Å². The first-order valence-electron chi connectivity index (χ1n) is 10.1. The molecule has 2 aliphatic carbocycles. The summed E-state index contributed by atoms with van der Waals surface area (Å²) in [6, 6.07) is 14.3. The molecule has 4 rings (SSSR count). The number of ether oxygens (including phenoxy) is 1. The SMILES string of the molecule is C[C@@H](NC(=O)C(NC(=O)OCC1c2ccccc2-c2ccccc21)C1CC1)C(=O)O. The van der Waals surface area contributed by atoms with Crippen LogP contribution in [0.3, 0.4) is 0 Å². The number of carbonyl (C=O) groups is 3. The minimum atomic E-state index is -1.13. The summed E-state index contributed by atoms with van der Waals surface area (Å²) < 4.78 is 5.50. The van der Waals surface area contributed by atoms with Crippen molar-refractivity contribution in [3.63, 3.8) is 0 Å². The largest absolute Gasteiger partial charge is 0.480 e. The number of nitrogens with one attached hydrogen (secondary N) is 2. The third kappa shape index (κ3) is 4.01. The van der Waals surface area contributed by atoms with Gasteiger partial charge in [0.25, 0.3) is 0 Å². The zero-order valence-electron chi connectivity index (χ0n) is 16.6. The number of fused-ring (bicyclic) bond motifs is 3. The number of carboxylic acid groups (broad SMARTS) is 1. The summed E-state index contributed by atoms with van der Waals surface area (Å²) in [5.41, 5.74) is 4.50. The van der Waals surface area contributed by atoms with Crippen molar-refractivity contribution in [2.24, 2.45) is 5.92 Å². The first-order chi connectivity index (χ1) is 14.5. The highest BCUT2D eigenvalue weighted by atomic mass is 16.5. The fourth-order valence-corrected chi connectivity index (χ4v) is 3.96. The van der Waals surface area contributed by atoms with E-state index in [1.807, 2.05) is 36.4 Å². The van der Waals surface area contributed by atoms with Crippen LogP contribution in [0.5, 0.6) is 0 Å². The van der Waals surface area contributed by atoms with E-state index >= 15 is 0 Å². The maximum atomic E-state index is 12.5. The lowest BCUT2D eigenvalue weighted by Crippen LogP contribution is -2.52. The quantitative estimate of drug-likeness (QED) is 0.653. The first-order valence-corrected chi connectivity index (χ1v) is 10.1. The highest BCUT2D eigenvalue weighted by molar-refractivity contribution is 5.89. The molecule has 1 saturated carbocycles. The van der Waals surface area contributed by atoms with E-state index in [0.29, 0.717) is 0 Å². The number of benzene rings is 2. The molecule has 1 unspecified atom stereocenters. The van der Waals surface area contributed by atoms with E-state index in [9.17, 15) is 14.4 Å². The normalized spacial score (nSPS) is 16.7. The van der Waals surface area contributed by atoms with Gasteiger partial charge in [0.2, 0.25) is 5.91 Å². The van der Waals surface area contributed by atoms with Crippen LogP contribution in [0.2, 0.25) is 0 Å². The zero-order valence-corrected chi connectivity index (χ0v) is 16.6. The molecule has 2 amide bonds. The van der Waals surface area contributed by atoms with E-state index in [2.05, 4.69) is 22.8 Å². The zero-order chi connectivity index (χ0) is 21.3. The van der Waals surface area contributed by atoms with Crippen molar-refractivity contribution in [3.8, 4) is 11.1 Å². The van der Waals surface area contributed by atoms with Gasteiger partial charge in [-0.2, -0.15) is 0 Å². The molecule has 0 bridgehead atoms. The fraction of sp³-hybridized carbons (Fsp3) is 0.348. The minimum Gasteiger partial charge on any atom is -0.480 e. The molecular weight excluding hydrogens is 384 g/mol. The van der Waals surface area contributed by atoms with Gasteiger partial charge in [-0.1, -0.05) is 48.5 Å². The molecule has 0 saturated heterocycles. The molecule has 0 heterocycles. The van der Waals surface area contributed by atoms with Crippen molar-refractivity contribution in [1.82, 2.24) is 10.6 Å². The summed E-state index contributed by atoms with van der Waals surface area (Å²) in [6.07, 6.45) is 0.943. The van der Waals surface area contributed by atoms with Gasteiger partial charge < -0.3 is 20.5 Å². The van der Waals surface area contributed by atoms with Gasteiger partial charge in [0, 0.05) is 5.92 Å². The van der Waals surface area contributed by atoms with Crippen molar-refractivity contribution in [1.29, 1.82) is 0 Å². The fourth-order valence-electron chi connectivity index (χ4n) is 3.96. The van der Waals surface area contributed by atoms with E-state index in [4.69, 9.17) is 9.84 Å². The molecule has 7 nitrogen and oxygen atoms in total. The summed E-state index contributed by atoms with van der Waals surface area (Å²) in [4.78, 5) is 35.9. The molecule has 2 aromatic rings. The van der Waals surface area contributed by atoms with Crippen LogP contribution in [-0.4, -0.2) is 41.8 Å². The molecule has 0 aliphatic heterocycles. The molecule has 0 spiro atoms. The highest BCUT2D eigenvalue weighted by Crippen LogP contribution is 2.44. The van der Waals surface area contributed by atoms with Crippen molar-refractivity contribution >= 4 is 18.0 Å². The van der Waals surface area contributed by atoms with Gasteiger partial charge in [-0.25, -0.2) is 4.79 Å². The lowest BCUT2D eigenvalue weighted by atomic mass is 9.98. The van der Waals surface area contributed by atoms with Crippen LogP contribution in [0.1, 0.15) is 36.8 Å². The topological polar surface area (TPSA) is 105 Å². The van der Waals surface area contributed by atoms with E-state index in [1.54, 1.807) is 0 Å². The van der Waals surface area contributed by atoms with Crippen LogP contribution in [0.15, 0.2) is 48.5 Å². The summed E-state index contributed by atoms with van der Waals surface area (Å²) in [7, 11) is 0. The second-order valence-electron chi connectivity index (χ2n) is 7.85. The average Bonchev–Trinajstić information content (AvgIpc) is 3.53. The third-order valence-corrected chi connectivity index (χ3v) is 5.72. The Morgan fingerprint density at radius 1 is 1.00 bits per heavy atom. The lowest BCUT2D eigenvalue weighted by Gasteiger charge is -2.20. The van der Waals surface area contributed by atoms with Crippen LogP contribution in [-0.2, 0) is 14.3 Å². The second-order valence-corrected chi connectivity index (χ2v) is 7.85. The lowest BCUT2D eigenvalue weighted by molar-refractivity contribution is -0.141. The molecule has 7 heteroatoms. The first kappa shape index (κ1) is 19.9. The molecule has 2 aliphatic rings. The van der Waals surface area contributed by atoms with Crippen molar-refractivity contribution in [2.75, 3.05) is 6.61 Å². The molecule has 30 heavy (non-hydrogen) atoms. The summed E-state index contributed by atoms with van der Waals surface area (Å²) in [5.74, 6) is -1.69. The number of hydrogen-bond acceptors (Lipinski definition) is 4. The van der Waals surface area contributed by atoms with E-state index < -0.39 is 30.1 Å². The Bertz CT molecular complexity index is 940. The maximum Gasteiger partial charge on any atom is 0.407 e. The molecule has 3 N–H and O–H groups in total. The van der Waals surface area contributed by atoms with Crippen LogP contribution in [0.25, 0.3) is 11.1 Å². The Hall–Kier alpha value is -3.35. The van der Waals surface area contributed by atoms with E-state index in [-0.39, 0.29) is 18.4 Å². The van der Waals surface area contributed by atoms with Gasteiger partial charge in [-0.05, 0) is 47.9 Å². The van der Waals surface area contributed by atoms with Gasteiger partial charge in [0.1, 0.15) is 18.7 Å². The number of hydrogen-bond donors (Lipinski definition) is 3. The Labute approximate surface area is 174 Å². The van der Waals surface area contributed by atoms with Crippen LogP contribution in [0.4, 0.5) is 4.79 Å². The molecule has 2 atom stereocenters. The van der Waals surface area contributed by atoms with E-state index in [0.717, 1.165) is 35.1 Å². The number of amides is 2. The molecule has 0 radical (unpaired) electrons. The number of carbonyl (C=O) groups excluding carboxylic acids is 2. The third-order valence-electron chi connectivity index (χ3n) is 5.72. The standard InChI is InChI=1S/C23H24N2O5/c1-13(22(27)28)24-21(26)20(14-10-11-14)25-23(29)30-12-19-17-8-4-2-6-15(17)16-7-3-5-9-18(16)19/h2-9,13-14,19-20H,10-12H2,1H3,(H,24,26)(H,25,29)(H,27,28)/t13-,20?/m1/s1. The highest BCUT2D eigenvalue weighted by Gasteiger charge is 2.39. The predicted octanol–water partition coefficient (Wildman–Crippen LogP) is 2.89. The number of carboxylic acids is 1. The molecule has 156 valence electrons. The minimum absolute atomic E-state index is 0.00600. The van der Waals surface area contributed by atoms with Gasteiger partial charge in [0.15, 0.2) is 0 Å². The Morgan fingerprint density at radius 2 is 1.57 bits per heavy atom. The Balaban J connectivity index is 1.41. The number of aliphatic carboxylic acids is 1. The van der Waals surface area contributed by atoms with Crippen LogP contribution in [0, 0.1) is 5.92 Å². The second kappa shape index (κ2) is 8.18. The van der Waals surface area contributed by atoms with Crippen LogP contribution >= 0.6 is 0 Å².